The Kier molecular flexibility index (Phi) is 4.20. The monoisotopic (exact) mass is 274 g/mol. The third kappa shape index (κ3) is 3.26. The Balaban J connectivity index is 2.08. The number of benzene rings is 2. The minimum absolute atomic E-state index is 0.192. The third-order valence-corrected chi connectivity index (χ3v) is 2.81. The largest absolute Gasteiger partial charge is 0.496 e. The van der Waals surface area contributed by atoms with Crippen LogP contribution in [0.15, 0.2) is 42.5 Å². The molecule has 0 saturated heterocycles. The molecule has 0 atom stereocenters. The van der Waals surface area contributed by atoms with E-state index in [4.69, 9.17) is 10.5 Å². The highest BCUT2D eigenvalue weighted by atomic mass is 19.1. The second-order valence-electron chi connectivity index (χ2n) is 4.27. The van der Waals surface area contributed by atoms with Gasteiger partial charge >= 0.3 is 0 Å². The van der Waals surface area contributed by atoms with Crippen molar-refractivity contribution in [3.63, 3.8) is 0 Å². The smallest absolute Gasteiger partial charge is 0.251 e. The van der Waals surface area contributed by atoms with Crippen molar-refractivity contribution in [2.75, 3.05) is 12.8 Å². The molecule has 0 aliphatic heterocycles. The number of nitrogens with one attached hydrogen (secondary N) is 1. The van der Waals surface area contributed by atoms with E-state index in [-0.39, 0.29) is 17.2 Å². The summed E-state index contributed by atoms with van der Waals surface area (Å²) < 4.78 is 18.4. The van der Waals surface area contributed by atoms with Crippen molar-refractivity contribution in [3.05, 3.63) is 59.4 Å². The average molecular weight is 274 g/mol. The fourth-order valence-electron chi connectivity index (χ4n) is 1.87. The van der Waals surface area contributed by atoms with E-state index in [9.17, 15) is 9.18 Å². The molecule has 2 aromatic carbocycles. The van der Waals surface area contributed by atoms with Crippen LogP contribution in [0.25, 0.3) is 0 Å². The van der Waals surface area contributed by atoms with Crippen LogP contribution in [0.4, 0.5) is 10.1 Å². The van der Waals surface area contributed by atoms with Crippen LogP contribution in [0.1, 0.15) is 15.9 Å². The van der Waals surface area contributed by atoms with Gasteiger partial charge in [0.1, 0.15) is 11.6 Å². The average Bonchev–Trinajstić information content (AvgIpc) is 2.44. The van der Waals surface area contributed by atoms with E-state index in [1.165, 1.54) is 6.07 Å². The maximum Gasteiger partial charge on any atom is 0.251 e. The molecular weight excluding hydrogens is 259 g/mol. The Morgan fingerprint density at radius 1 is 1.30 bits per heavy atom. The molecule has 2 aromatic rings. The van der Waals surface area contributed by atoms with Gasteiger partial charge < -0.3 is 15.8 Å². The molecule has 0 heterocycles. The van der Waals surface area contributed by atoms with Crippen LogP contribution < -0.4 is 15.8 Å². The molecule has 1 amide bonds. The van der Waals surface area contributed by atoms with Gasteiger partial charge in [-0.05, 0) is 24.3 Å². The summed E-state index contributed by atoms with van der Waals surface area (Å²) in [6, 6.07) is 11.1. The van der Waals surface area contributed by atoms with Gasteiger partial charge in [-0.3, -0.25) is 4.79 Å². The Bertz CT molecular complexity index is 609. The van der Waals surface area contributed by atoms with Gasteiger partial charge in [0.25, 0.3) is 5.91 Å². The predicted molar refractivity (Wildman–Crippen MR) is 75.0 cm³/mol. The van der Waals surface area contributed by atoms with Crippen molar-refractivity contribution in [1.82, 2.24) is 5.32 Å². The van der Waals surface area contributed by atoms with Gasteiger partial charge in [-0.15, -0.1) is 0 Å². The predicted octanol–water partition coefficient (Wildman–Crippen LogP) is 2.35. The van der Waals surface area contributed by atoms with Crippen molar-refractivity contribution in [2.45, 2.75) is 6.54 Å². The van der Waals surface area contributed by atoms with Crippen LogP contribution in [-0.2, 0) is 6.54 Å². The summed E-state index contributed by atoms with van der Waals surface area (Å²) in [5.41, 5.74) is 6.76. The summed E-state index contributed by atoms with van der Waals surface area (Å²) >= 11 is 0. The highest BCUT2D eigenvalue weighted by Crippen LogP contribution is 2.17. The van der Waals surface area contributed by atoms with Crippen LogP contribution in [0, 0.1) is 5.82 Å². The number of halogens is 1. The van der Waals surface area contributed by atoms with Crippen LogP contribution in [-0.4, -0.2) is 13.0 Å². The first-order chi connectivity index (χ1) is 9.60. The van der Waals surface area contributed by atoms with E-state index in [0.29, 0.717) is 12.3 Å². The molecule has 0 spiro atoms. The van der Waals surface area contributed by atoms with Gasteiger partial charge in [0, 0.05) is 23.4 Å². The highest BCUT2D eigenvalue weighted by molar-refractivity contribution is 5.95. The first-order valence-electron chi connectivity index (χ1n) is 6.06. The number of rotatable bonds is 4. The SMILES string of the molecule is COc1ccccc1CNC(=O)c1cc(N)cc(F)c1. The molecule has 0 aromatic heterocycles. The second-order valence-corrected chi connectivity index (χ2v) is 4.27. The van der Waals surface area contributed by atoms with Gasteiger partial charge in [0.15, 0.2) is 0 Å². The zero-order chi connectivity index (χ0) is 14.5. The van der Waals surface area contributed by atoms with Crippen molar-refractivity contribution >= 4 is 11.6 Å². The summed E-state index contributed by atoms with van der Waals surface area (Å²) in [7, 11) is 1.56. The number of methoxy groups -OCH3 is 1. The molecule has 0 saturated carbocycles. The van der Waals surface area contributed by atoms with E-state index in [0.717, 1.165) is 17.7 Å². The van der Waals surface area contributed by atoms with Crippen LogP contribution >= 0.6 is 0 Å². The normalized spacial score (nSPS) is 10.1. The maximum atomic E-state index is 13.2. The zero-order valence-electron chi connectivity index (χ0n) is 11.0. The fraction of sp³-hybridized carbons (Fsp3) is 0.133. The molecule has 2 rings (SSSR count). The van der Waals surface area contributed by atoms with E-state index in [2.05, 4.69) is 5.32 Å². The molecule has 5 heteroatoms. The number of carbonyl (C=O) groups excluding carboxylic acids is 1. The minimum atomic E-state index is -0.535. The van der Waals surface area contributed by atoms with Crippen LogP contribution in [0.5, 0.6) is 5.75 Å². The first-order valence-corrected chi connectivity index (χ1v) is 6.06. The lowest BCUT2D eigenvalue weighted by Crippen LogP contribution is -2.23. The Morgan fingerprint density at radius 2 is 2.05 bits per heavy atom. The second kappa shape index (κ2) is 6.06. The van der Waals surface area contributed by atoms with E-state index in [1.807, 2.05) is 24.3 Å². The Morgan fingerprint density at radius 3 is 2.75 bits per heavy atom. The molecule has 0 fully saturated rings. The van der Waals surface area contributed by atoms with Gasteiger partial charge in [-0.2, -0.15) is 0 Å². The number of nitrogens with two attached hydrogens (primary N) is 1. The molecule has 0 unspecified atom stereocenters. The topological polar surface area (TPSA) is 64.3 Å². The van der Waals surface area contributed by atoms with E-state index in [1.54, 1.807) is 7.11 Å². The summed E-state index contributed by atoms with van der Waals surface area (Å²) in [6.45, 7) is 0.291. The van der Waals surface area contributed by atoms with Crippen molar-refractivity contribution in [3.8, 4) is 5.75 Å². The molecule has 104 valence electrons. The molecule has 4 nitrogen and oxygen atoms in total. The van der Waals surface area contributed by atoms with Crippen LogP contribution in [0.2, 0.25) is 0 Å². The summed E-state index contributed by atoms with van der Waals surface area (Å²) in [5, 5.41) is 2.70. The lowest BCUT2D eigenvalue weighted by Gasteiger charge is -2.10. The highest BCUT2D eigenvalue weighted by Gasteiger charge is 2.09. The van der Waals surface area contributed by atoms with Gasteiger partial charge in [-0.1, -0.05) is 18.2 Å². The van der Waals surface area contributed by atoms with E-state index >= 15 is 0 Å². The third-order valence-electron chi connectivity index (χ3n) is 2.81. The van der Waals surface area contributed by atoms with E-state index < -0.39 is 5.82 Å². The summed E-state index contributed by atoms with van der Waals surface area (Å²) in [6.07, 6.45) is 0. The lowest BCUT2D eigenvalue weighted by atomic mass is 10.1. The number of carbonyl (C=O) groups is 1. The minimum Gasteiger partial charge on any atom is -0.496 e. The first kappa shape index (κ1) is 13.9. The van der Waals surface area contributed by atoms with Crippen molar-refractivity contribution < 1.29 is 13.9 Å². The molecule has 3 N–H and O–H groups in total. The summed E-state index contributed by atoms with van der Waals surface area (Å²) in [5.74, 6) is -0.235. The fourth-order valence-corrected chi connectivity index (χ4v) is 1.87. The quantitative estimate of drug-likeness (QED) is 0.841. The zero-order valence-corrected chi connectivity index (χ0v) is 11.0. The molecule has 0 bridgehead atoms. The number of para-hydroxylation sites is 1. The number of ether oxygens (including phenoxy) is 1. The van der Waals surface area contributed by atoms with Gasteiger partial charge in [-0.25, -0.2) is 4.39 Å². The molecule has 0 aliphatic carbocycles. The van der Waals surface area contributed by atoms with Crippen LogP contribution in [0.3, 0.4) is 0 Å². The number of amides is 1. The molecular formula is C15H15FN2O2. The van der Waals surface area contributed by atoms with Crippen molar-refractivity contribution in [1.29, 1.82) is 0 Å². The van der Waals surface area contributed by atoms with Gasteiger partial charge in [0.2, 0.25) is 0 Å². The van der Waals surface area contributed by atoms with Crippen molar-refractivity contribution in [2.24, 2.45) is 0 Å². The molecule has 0 radical (unpaired) electrons. The number of hydrogen-bond acceptors (Lipinski definition) is 3. The van der Waals surface area contributed by atoms with Gasteiger partial charge in [0.05, 0.1) is 7.11 Å². The molecule has 0 aliphatic rings. The standard InChI is InChI=1S/C15H15FN2O2/c1-20-14-5-3-2-4-10(14)9-18-15(19)11-6-12(16)8-13(17)7-11/h2-8H,9,17H2,1H3,(H,18,19). The number of hydrogen-bond donors (Lipinski definition) is 2. The summed E-state index contributed by atoms with van der Waals surface area (Å²) in [4.78, 5) is 11.9. The lowest BCUT2D eigenvalue weighted by molar-refractivity contribution is 0.0950. The maximum absolute atomic E-state index is 13.2. The molecule has 20 heavy (non-hydrogen) atoms. The Hall–Kier alpha value is -2.56. The number of nitrogen functional groups attached to an aromatic ring is 1. The number of anilines is 1. The Labute approximate surface area is 116 Å².